The molecule has 0 saturated heterocycles. The third-order valence-corrected chi connectivity index (χ3v) is 2.62. The quantitative estimate of drug-likeness (QED) is 0.845. The monoisotopic (exact) mass is 285 g/mol. The summed E-state index contributed by atoms with van der Waals surface area (Å²) in [4.78, 5) is 10.8. The minimum Gasteiger partial charge on any atom is -0.490 e. The van der Waals surface area contributed by atoms with Crippen molar-refractivity contribution in [3.8, 4) is 5.75 Å². The van der Waals surface area contributed by atoms with Crippen LogP contribution in [0.3, 0.4) is 0 Å². The van der Waals surface area contributed by atoms with Crippen molar-refractivity contribution in [3.63, 3.8) is 0 Å². The summed E-state index contributed by atoms with van der Waals surface area (Å²) in [6.45, 7) is 4.05. The third kappa shape index (κ3) is 3.52. The average molecular weight is 286 g/mol. The summed E-state index contributed by atoms with van der Waals surface area (Å²) in [7, 11) is 1.83. The van der Waals surface area contributed by atoms with Crippen LogP contribution in [-0.2, 0) is 4.79 Å². The highest BCUT2D eigenvalue weighted by Gasteiger charge is 2.18. The number of rotatable bonds is 5. The maximum atomic E-state index is 10.8. The third-order valence-electron chi connectivity index (χ3n) is 2.13. The summed E-state index contributed by atoms with van der Waals surface area (Å²) in [6, 6.07) is 5.74. The highest BCUT2D eigenvalue weighted by Crippen LogP contribution is 2.29. The molecular weight excluding hydrogens is 270 g/mol. The van der Waals surface area contributed by atoms with Gasteiger partial charge in [0, 0.05) is 11.5 Å². The molecular formula is C12H16BrNO2. The van der Waals surface area contributed by atoms with Gasteiger partial charge in [0.1, 0.15) is 18.6 Å². The van der Waals surface area contributed by atoms with Crippen molar-refractivity contribution >= 4 is 27.9 Å². The molecule has 0 aliphatic rings. The van der Waals surface area contributed by atoms with E-state index >= 15 is 0 Å². The van der Waals surface area contributed by atoms with Crippen LogP contribution in [0.2, 0.25) is 0 Å². The molecule has 0 saturated carbocycles. The summed E-state index contributed by atoms with van der Waals surface area (Å²) in [5.41, 5.74) is 0.442. The maximum absolute atomic E-state index is 10.8. The number of carbonyl (C=O) groups is 1. The Balaban J connectivity index is 2.80. The molecule has 0 aromatic heterocycles. The molecule has 1 aromatic rings. The SMILES string of the molecule is CNc1ccc(Br)cc1OCC(C)(C)C=O. The Labute approximate surface area is 104 Å². The number of anilines is 1. The number of nitrogens with one attached hydrogen (secondary N) is 1. The van der Waals surface area contributed by atoms with E-state index in [2.05, 4.69) is 21.2 Å². The first-order valence-corrected chi connectivity index (χ1v) is 5.84. The summed E-state index contributed by atoms with van der Waals surface area (Å²) in [6.07, 6.45) is 0.907. The summed E-state index contributed by atoms with van der Waals surface area (Å²) in [5.74, 6) is 0.742. The van der Waals surface area contributed by atoms with E-state index in [1.54, 1.807) is 0 Å². The molecule has 0 spiro atoms. The van der Waals surface area contributed by atoms with E-state index < -0.39 is 5.41 Å². The molecule has 0 heterocycles. The van der Waals surface area contributed by atoms with Gasteiger partial charge in [0.2, 0.25) is 0 Å². The Morgan fingerprint density at radius 3 is 2.75 bits per heavy atom. The fourth-order valence-corrected chi connectivity index (χ4v) is 1.46. The molecule has 3 nitrogen and oxygen atoms in total. The van der Waals surface area contributed by atoms with Crippen LogP contribution in [0.1, 0.15) is 13.8 Å². The van der Waals surface area contributed by atoms with Gasteiger partial charge in [-0.3, -0.25) is 0 Å². The predicted molar refractivity (Wildman–Crippen MR) is 69.0 cm³/mol. The molecule has 0 aliphatic carbocycles. The number of halogens is 1. The number of hydrogen-bond donors (Lipinski definition) is 1. The molecule has 0 bridgehead atoms. The first kappa shape index (κ1) is 13.0. The van der Waals surface area contributed by atoms with Crippen molar-refractivity contribution in [2.24, 2.45) is 5.41 Å². The van der Waals surface area contributed by atoms with E-state index in [0.29, 0.717) is 6.61 Å². The molecule has 0 unspecified atom stereocenters. The van der Waals surface area contributed by atoms with Crippen LogP contribution in [0.15, 0.2) is 22.7 Å². The average Bonchev–Trinajstić information content (AvgIpc) is 2.27. The molecule has 0 aliphatic heterocycles. The molecule has 1 rings (SSSR count). The van der Waals surface area contributed by atoms with E-state index in [1.165, 1.54) is 0 Å². The summed E-state index contributed by atoms with van der Waals surface area (Å²) < 4.78 is 6.59. The van der Waals surface area contributed by atoms with Crippen LogP contribution in [0.25, 0.3) is 0 Å². The van der Waals surface area contributed by atoms with Gasteiger partial charge in [-0.1, -0.05) is 15.9 Å². The van der Waals surface area contributed by atoms with Gasteiger partial charge < -0.3 is 14.8 Å². The van der Waals surface area contributed by atoms with Gasteiger partial charge in [-0.2, -0.15) is 0 Å². The van der Waals surface area contributed by atoms with E-state index in [0.717, 1.165) is 22.2 Å². The normalized spacial score (nSPS) is 11.0. The molecule has 0 atom stereocenters. The Morgan fingerprint density at radius 2 is 2.19 bits per heavy atom. The minimum atomic E-state index is -0.465. The number of aldehydes is 1. The second-order valence-electron chi connectivity index (χ2n) is 4.29. The Morgan fingerprint density at radius 1 is 1.50 bits per heavy atom. The lowest BCUT2D eigenvalue weighted by Gasteiger charge is -2.19. The lowest BCUT2D eigenvalue weighted by atomic mass is 9.98. The fourth-order valence-electron chi connectivity index (χ4n) is 1.12. The van der Waals surface area contributed by atoms with E-state index in [-0.39, 0.29) is 0 Å². The first-order chi connectivity index (χ1) is 7.48. The molecule has 0 amide bonds. The van der Waals surface area contributed by atoms with Gasteiger partial charge in [-0.05, 0) is 32.0 Å². The molecule has 0 radical (unpaired) electrons. The number of hydrogen-bond acceptors (Lipinski definition) is 3. The number of carbonyl (C=O) groups excluding carboxylic acids is 1. The van der Waals surface area contributed by atoms with Crippen molar-refractivity contribution in [3.05, 3.63) is 22.7 Å². The molecule has 1 N–H and O–H groups in total. The van der Waals surface area contributed by atoms with E-state index in [4.69, 9.17) is 4.74 Å². The predicted octanol–water partition coefficient (Wildman–Crippen LogP) is 3.09. The van der Waals surface area contributed by atoms with Crippen LogP contribution in [0, 0.1) is 5.41 Å². The maximum Gasteiger partial charge on any atom is 0.143 e. The highest BCUT2D eigenvalue weighted by molar-refractivity contribution is 9.10. The van der Waals surface area contributed by atoms with Crippen LogP contribution in [0.4, 0.5) is 5.69 Å². The van der Waals surface area contributed by atoms with Gasteiger partial charge in [0.05, 0.1) is 11.1 Å². The summed E-state index contributed by atoms with van der Waals surface area (Å²) >= 11 is 3.39. The second kappa shape index (κ2) is 5.34. The van der Waals surface area contributed by atoms with Crippen molar-refractivity contribution in [1.29, 1.82) is 0 Å². The smallest absolute Gasteiger partial charge is 0.143 e. The van der Waals surface area contributed by atoms with Crippen LogP contribution in [0.5, 0.6) is 5.75 Å². The standard InChI is InChI=1S/C12H16BrNO2/c1-12(2,7-15)8-16-11-6-9(13)4-5-10(11)14-3/h4-7,14H,8H2,1-3H3. The lowest BCUT2D eigenvalue weighted by Crippen LogP contribution is -2.23. The second-order valence-corrected chi connectivity index (χ2v) is 5.20. The molecule has 88 valence electrons. The van der Waals surface area contributed by atoms with Crippen LogP contribution in [-0.4, -0.2) is 19.9 Å². The zero-order valence-electron chi connectivity index (χ0n) is 9.71. The molecule has 1 aromatic carbocycles. The fraction of sp³-hybridized carbons (Fsp3) is 0.417. The highest BCUT2D eigenvalue weighted by atomic mass is 79.9. The number of ether oxygens (including phenoxy) is 1. The van der Waals surface area contributed by atoms with E-state index in [9.17, 15) is 4.79 Å². The van der Waals surface area contributed by atoms with Crippen molar-refractivity contribution in [2.75, 3.05) is 19.0 Å². The lowest BCUT2D eigenvalue weighted by molar-refractivity contribution is -0.116. The first-order valence-electron chi connectivity index (χ1n) is 5.05. The van der Waals surface area contributed by atoms with Crippen molar-refractivity contribution in [1.82, 2.24) is 0 Å². The topological polar surface area (TPSA) is 38.3 Å². The van der Waals surface area contributed by atoms with Gasteiger partial charge in [0.15, 0.2) is 0 Å². The van der Waals surface area contributed by atoms with Gasteiger partial charge in [-0.15, -0.1) is 0 Å². The van der Waals surface area contributed by atoms with Crippen molar-refractivity contribution < 1.29 is 9.53 Å². The number of benzene rings is 1. The molecule has 16 heavy (non-hydrogen) atoms. The zero-order chi connectivity index (χ0) is 12.2. The van der Waals surface area contributed by atoms with E-state index in [1.807, 2.05) is 39.1 Å². The largest absolute Gasteiger partial charge is 0.490 e. The van der Waals surface area contributed by atoms with Gasteiger partial charge in [-0.25, -0.2) is 0 Å². The molecule has 0 fully saturated rings. The van der Waals surface area contributed by atoms with Crippen LogP contribution < -0.4 is 10.1 Å². The van der Waals surface area contributed by atoms with Gasteiger partial charge in [0.25, 0.3) is 0 Å². The van der Waals surface area contributed by atoms with Crippen molar-refractivity contribution in [2.45, 2.75) is 13.8 Å². The van der Waals surface area contributed by atoms with Gasteiger partial charge >= 0.3 is 0 Å². The molecule has 4 heteroatoms. The zero-order valence-corrected chi connectivity index (χ0v) is 11.3. The Kier molecular flexibility index (Phi) is 4.35. The van der Waals surface area contributed by atoms with Crippen LogP contribution >= 0.6 is 15.9 Å². The minimum absolute atomic E-state index is 0.363. The Hall–Kier alpha value is -1.03. The summed E-state index contributed by atoms with van der Waals surface area (Å²) in [5, 5.41) is 3.04. The Bertz CT molecular complexity index is 377.